The Bertz CT molecular complexity index is 1490. The van der Waals surface area contributed by atoms with Gasteiger partial charge in [-0.2, -0.15) is 18.2 Å². The van der Waals surface area contributed by atoms with Gasteiger partial charge >= 0.3 is 20.1 Å². The van der Waals surface area contributed by atoms with Crippen molar-refractivity contribution >= 4 is 0 Å². The van der Waals surface area contributed by atoms with Crippen LogP contribution in [0.15, 0.2) is 97.2 Å². The summed E-state index contributed by atoms with van der Waals surface area (Å²) in [5.74, 6) is 0. The molecule has 0 aliphatic heterocycles. The van der Waals surface area contributed by atoms with Gasteiger partial charge in [0.1, 0.15) is 0 Å². The molecular formula is C32H25IrN2. The summed E-state index contributed by atoms with van der Waals surface area (Å²) in [4.78, 5) is 8.51. The number of hydrogen-bond donors (Lipinski definition) is 0. The number of pyridine rings is 2. The first-order chi connectivity index (χ1) is 17.7. The smallest absolute Gasteiger partial charge is 0.341 e. The maximum atomic E-state index is 7.55. The first kappa shape index (κ1) is 20.9. The van der Waals surface area contributed by atoms with E-state index >= 15 is 0 Å². The fourth-order valence-corrected chi connectivity index (χ4v) is 4.38. The van der Waals surface area contributed by atoms with Crippen LogP contribution in [0.25, 0.3) is 33.6 Å². The van der Waals surface area contributed by atoms with Crippen LogP contribution in [-0.2, 0) is 25.5 Å². The third-order valence-electron chi connectivity index (χ3n) is 6.11. The average molecular weight is 633 g/mol. The van der Waals surface area contributed by atoms with Crippen LogP contribution in [0.5, 0.6) is 0 Å². The van der Waals surface area contributed by atoms with Crippen molar-refractivity contribution in [2.45, 2.75) is 26.1 Å². The topological polar surface area (TPSA) is 25.8 Å². The Hall–Kier alpha value is -3.39. The second kappa shape index (κ2) is 10.5. The summed E-state index contributed by atoms with van der Waals surface area (Å²) in [7, 11) is 0. The molecule has 0 saturated heterocycles. The predicted octanol–water partition coefficient (Wildman–Crippen LogP) is 7.51. The summed E-state index contributed by atoms with van der Waals surface area (Å²) in [5, 5.41) is 0. The minimum atomic E-state index is -2.23. The maximum absolute atomic E-state index is 7.55. The van der Waals surface area contributed by atoms with E-state index in [-0.39, 0.29) is 31.2 Å². The van der Waals surface area contributed by atoms with Gasteiger partial charge in [-0.1, -0.05) is 61.4 Å². The molecule has 6 rings (SSSR count). The predicted molar refractivity (Wildman–Crippen MR) is 138 cm³/mol. The van der Waals surface area contributed by atoms with Crippen molar-refractivity contribution in [1.82, 2.24) is 9.97 Å². The van der Waals surface area contributed by atoms with Gasteiger partial charge in [0.05, 0.1) is 0 Å². The minimum Gasteiger partial charge on any atom is -0.341 e. The number of benzene rings is 3. The monoisotopic (exact) mass is 633 g/mol. The number of aryl methyl sites for hydroxylation is 1. The molecule has 0 bridgehead atoms. The summed E-state index contributed by atoms with van der Waals surface area (Å²) >= 11 is 0. The van der Waals surface area contributed by atoms with E-state index in [0.717, 1.165) is 16.8 Å². The molecule has 172 valence electrons. The molecule has 5 aromatic rings. The molecule has 0 fully saturated rings. The molecular weight excluding hydrogens is 605 g/mol. The van der Waals surface area contributed by atoms with E-state index in [1.165, 1.54) is 28.3 Å². The van der Waals surface area contributed by atoms with Crippen molar-refractivity contribution in [2.24, 2.45) is 0 Å². The number of fused-ring (bicyclic) bond motifs is 3. The van der Waals surface area contributed by atoms with Crippen LogP contribution in [0.4, 0.5) is 0 Å². The van der Waals surface area contributed by atoms with Gasteiger partial charge in [-0.15, -0.1) is 53.2 Å². The second-order valence-electron chi connectivity index (χ2n) is 8.66. The van der Waals surface area contributed by atoms with E-state index in [9.17, 15) is 0 Å². The quantitative estimate of drug-likeness (QED) is 0.188. The van der Waals surface area contributed by atoms with Crippen molar-refractivity contribution < 1.29 is 24.2 Å². The first-order valence-corrected chi connectivity index (χ1v) is 11.2. The Labute approximate surface area is 225 Å². The van der Waals surface area contributed by atoms with Crippen LogP contribution in [0.1, 0.15) is 34.8 Å². The molecule has 2 aromatic heterocycles. The standard InChI is InChI=1S/C21H17N.C11H8N.Ir/c1-14-7-6-10-20(22-14)15-11-12-17-16-8-4-5-9-18(16)21(2,3)19(17)13-15;1-2-6-10(7-3-1)11-8-4-5-9-12-11;/h4-9,12-13H,1-3H3;1-6,8-9H;/q-2;-1;+3/i1D3;;. The molecule has 2 heterocycles. The van der Waals surface area contributed by atoms with Crippen LogP contribution in [0.3, 0.4) is 0 Å². The normalized spacial score (nSPS) is 14.1. The molecule has 0 radical (unpaired) electrons. The molecule has 1 aliphatic rings. The fourth-order valence-electron chi connectivity index (χ4n) is 4.38. The van der Waals surface area contributed by atoms with E-state index in [1.54, 1.807) is 12.3 Å². The molecule has 0 N–H and O–H groups in total. The van der Waals surface area contributed by atoms with E-state index in [0.29, 0.717) is 5.69 Å². The van der Waals surface area contributed by atoms with Crippen molar-refractivity contribution in [3.05, 3.63) is 132 Å². The Morgan fingerprint density at radius 1 is 0.771 bits per heavy atom. The molecule has 0 saturated carbocycles. The molecule has 0 atom stereocenters. The largest absolute Gasteiger partial charge is 3.00 e. The van der Waals surface area contributed by atoms with Crippen molar-refractivity contribution in [1.29, 1.82) is 0 Å². The molecule has 0 spiro atoms. The van der Waals surface area contributed by atoms with Gasteiger partial charge in [0.2, 0.25) is 0 Å². The van der Waals surface area contributed by atoms with E-state index in [2.05, 4.69) is 66.3 Å². The summed E-state index contributed by atoms with van der Waals surface area (Å²) in [6.45, 7) is 2.19. The van der Waals surface area contributed by atoms with Crippen LogP contribution in [-0.4, -0.2) is 9.97 Å². The molecule has 3 aromatic carbocycles. The van der Waals surface area contributed by atoms with Gasteiger partial charge in [-0.05, 0) is 35.3 Å². The Morgan fingerprint density at radius 3 is 2.37 bits per heavy atom. The maximum Gasteiger partial charge on any atom is 3.00 e. The Kier molecular flexibility index (Phi) is 6.27. The van der Waals surface area contributed by atoms with E-state index < -0.39 is 6.85 Å². The number of nitrogens with zero attached hydrogens (tertiary/aromatic N) is 2. The third-order valence-corrected chi connectivity index (χ3v) is 6.11. The van der Waals surface area contributed by atoms with Gasteiger partial charge in [0.15, 0.2) is 0 Å². The molecule has 3 heteroatoms. The number of aromatic nitrogens is 2. The molecule has 1 aliphatic carbocycles. The zero-order chi connectivity index (χ0) is 26.0. The van der Waals surface area contributed by atoms with Gasteiger partial charge in [0.25, 0.3) is 0 Å². The Morgan fingerprint density at radius 2 is 1.60 bits per heavy atom. The van der Waals surface area contributed by atoms with Gasteiger partial charge in [0, 0.05) is 10.3 Å². The zero-order valence-corrected chi connectivity index (χ0v) is 21.9. The first-order valence-electron chi connectivity index (χ1n) is 12.7. The van der Waals surface area contributed by atoms with Crippen molar-refractivity contribution in [2.75, 3.05) is 0 Å². The van der Waals surface area contributed by atoms with E-state index in [4.69, 9.17) is 4.11 Å². The second-order valence-corrected chi connectivity index (χ2v) is 8.66. The SMILES string of the molecule is [2H]C([2H])([2H])c1cc[c-]c(-c2[c-]cc3c(c2)C(C)(C)c2ccccc2-3)n1.[Ir+3].[c-]1ccccc1-c1ccccn1. The minimum absolute atomic E-state index is 0. The average Bonchev–Trinajstić information content (AvgIpc) is 3.16. The summed E-state index contributed by atoms with van der Waals surface area (Å²) in [5.41, 5.74) is 8.18. The summed E-state index contributed by atoms with van der Waals surface area (Å²) in [6.07, 6.45) is 1.79. The summed E-state index contributed by atoms with van der Waals surface area (Å²) in [6, 6.07) is 38.7. The van der Waals surface area contributed by atoms with Crippen molar-refractivity contribution in [3.8, 4) is 33.6 Å². The molecule has 2 nitrogen and oxygen atoms in total. The van der Waals surface area contributed by atoms with E-state index in [1.807, 2.05) is 54.6 Å². The molecule has 35 heavy (non-hydrogen) atoms. The van der Waals surface area contributed by atoms with Crippen LogP contribution >= 0.6 is 0 Å². The number of hydrogen-bond acceptors (Lipinski definition) is 2. The third kappa shape index (κ3) is 5.03. The molecule has 0 amide bonds. The molecule has 0 unspecified atom stereocenters. The van der Waals surface area contributed by atoms with Crippen LogP contribution in [0.2, 0.25) is 0 Å². The van der Waals surface area contributed by atoms with Gasteiger partial charge < -0.3 is 9.97 Å². The fraction of sp³-hybridized carbons (Fsp3) is 0.125. The van der Waals surface area contributed by atoms with Gasteiger partial charge in [-0.25, -0.2) is 17.7 Å². The Balaban J connectivity index is 0.000000218. The zero-order valence-electron chi connectivity index (χ0n) is 22.5. The van der Waals surface area contributed by atoms with Crippen molar-refractivity contribution in [3.63, 3.8) is 0 Å². The summed E-state index contributed by atoms with van der Waals surface area (Å²) < 4.78 is 22.7. The van der Waals surface area contributed by atoms with Crippen LogP contribution in [0, 0.1) is 25.1 Å². The number of rotatable bonds is 2. The van der Waals surface area contributed by atoms with Crippen LogP contribution < -0.4 is 0 Å². The van der Waals surface area contributed by atoms with Gasteiger partial charge in [-0.3, -0.25) is 0 Å².